The third-order valence-electron chi connectivity index (χ3n) is 3.31. The second kappa shape index (κ2) is 7.71. The quantitative estimate of drug-likeness (QED) is 0.874. The van der Waals surface area contributed by atoms with Crippen molar-refractivity contribution in [2.45, 2.75) is 13.3 Å². The van der Waals surface area contributed by atoms with Crippen LogP contribution in [-0.2, 0) is 6.42 Å². The van der Waals surface area contributed by atoms with Crippen molar-refractivity contribution in [3.05, 3.63) is 58.6 Å². The van der Waals surface area contributed by atoms with Crippen molar-refractivity contribution in [3.63, 3.8) is 0 Å². The summed E-state index contributed by atoms with van der Waals surface area (Å²) in [5.41, 5.74) is 2.82. The number of amides is 2. The Bertz CT molecular complexity index is 642. The number of ether oxygens (including phenoxy) is 1. The summed E-state index contributed by atoms with van der Waals surface area (Å²) in [6.07, 6.45) is 0.756. The molecule has 0 spiro atoms. The lowest BCUT2D eigenvalue weighted by atomic mass is 10.1. The molecule has 0 aromatic heterocycles. The van der Waals surface area contributed by atoms with Gasteiger partial charge in [0.25, 0.3) is 0 Å². The molecule has 0 atom stereocenters. The molecule has 2 rings (SSSR count). The van der Waals surface area contributed by atoms with Crippen molar-refractivity contribution in [3.8, 4) is 5.75 Å². The molecule has 0 heterocycles. The fourth-order valence-corrected chi connectivity index (χ4v) is 2.18. The van der Waals surface area contributed by atoms with Gasteiger partial charge in [-0.25, -0.2) is 4.79 Å². The zero-order valence-electron chi connectivity index (χ0n) is 12.7. The van der Waals surface area contributed by atoms with Crippen molar-refractivity contribution in [1.82, 2.24) is 5.32 Å². The number of halogens is 1. The van der Waals surface area contributed by atoms with Crippen LogP contribution in [0.15, 0.2) is 42.5 Å². The highest BCUT2D eigenvalue weighted by molar-refractivity contribution is 6.31. The molecule has 0 aliphatic heterocycles. The lowest BCUT2D eigenvalue weighted by Gasteiger charge is -2.10. The summed E-state index contributed by atoms with van der Waals surface area (Å²) in [7, 11) is 1.64. The maximum Gasteiger partial charge on any atom is 0.319 e. The number of nitrogens with one attached hydrogen (secondary N) is 2. The minimum atomic E-state index is -0.237. The van der Waals surface area contributed by atoms with E-state index >= 15 is 0 Å². The highest BCUT2D eigenvalue weighted by Crippen LogP contribution is 2.19. The fourth-order valence-electron chi connectivity index (χ4n) is 2.01. The Hall–Kier alpha value is -2.20. The van der Waals surface area contributed by atoms with Gasteiger partial charge in [-0.05, 0) is 48.7 Å². The highest BCUT2D eigenvalue weighted by atomic mass is 35.5. The van der Waals surface area contributed by atoms with Gasteiger partial charge in [0.05, 0.1) is 7.11 Å². The summed E-state index contributed by atoms with van der Waals surface area (Å²) in [6, 6.07) is 13.0. The zero-order chi connectivity index (χ0) is 15.9. The van der Waals surface area contributed by atoms with E-state index in [-0.39, 0.29) is 6.03 Å². The van der Waals surface area contributed by atoms with Crippen molar-refractivity contribution >= 4 is 23.3 Å². The van der Waals surface area contributed by atoms with Crippen molar-refractivity contribution in [2.24, 2.45) is 0 Å². The smallest absolute Gasteiger partial charge is 0.319 e. The monoisotopic (exact) mass is 318 g/mol. The van der Waals surface area contributed by atoms with E-state index < -0.39 is 0 Å². The van der Waals surface area contributed by atoms with Crippen molar-refractivity contribution in [1.29, 1.82) is 0 Å². The molecule has 4 nitrogen and oxygen atoms in total. The Morgan fingerprint density at radius 2 is 1.91 bits per heavy atom. The second-order valence-corrected chi connectivity index (χ2v) is 5.37. The van der Waals surface area contributed by atoms with E-state index in [0.29, 0.717) is 11.6 Å². The topological polar surface area (TPSA) is 50.4 Å². The van der Waals surface area contributed by atoms with Gasteiger partial charge in [0.1, 0.15) is 5.75 Å². The molecule has 0 aliphatic carbocycles. The van der Waals surface area contributed by atoms with E-state index in [1.807, 2.05) is 37.3 Å². The summed E-state index contributed by atoms with van der Waals surface area (Å²) in [5, 5.41) is 6.23. The first-order valence-corrected chi connectivity index (χ1v) is 7.40. The van der Waals surface area contributed by atoms with E-state index in [2.05, 4.69) is 10.6 Å². The van der Waals surface area contributed by atoms with Crippen LogP contribution in [0.1, 0.15) is 11.1 Å². The summed E-state index contributed by atoms with van der Waals surface area (Å²) >= 11 is 5.93. The van der Waals surface area contributed by atoms with Gasteiger partial charge >= 0.3 is 6.03 Å². The minimum absolute atomic E-state index is 0.237. The lowest BCUT2D eigenvalue weighted by Crippen LogP contribution is -2.30. The van der Waals surface area contributed by atoms with Gasteiger partial charge in [0, 0.05) is 17.3 Å². The number of rotatable bonds is 5. The van der Waals surface area contributed by atoms with E-state index in [1.54, 1.807) is 19.2 Å². The van der Waals surface area contributed by atoms with Crippen LogP contribution in [0, 0.1) is 6.92 Å². The Labute approximate surface area is 135 Å². The first kappa shape index (κ1) is 16.2. The molecule has 2 aromatic rings. The molecular formula is C17H19ClN2O2. The summed E-state index contributed by atoms with van der Waals surface area (Å²) in [6.45, 7) is 2.47. The zero-order valence-corrected chi connectivity index (χ0v) is 13.4. The first-order chi connectivity index (χ1) is 10.6. The number of benzene rings is 2. The normalized spacial score (nSPS) is 10.1. The van der Waals surface area contributed by atoms with E-state index in [1.165, 1.54) is 0 Å². The van der Waals surface area contributed by atoms with Crippen molar-refractivity contribution < 1.29 is 9.53 Å². The van der Waals surface area contributed by atoms with Gasteiger partial charge in [-0.15, -0.1) is 0 Å². The van der Waals surface area contributed by atoms with Gasteiger partial charge < -0.3 is 15.4 Å². The number of hydrogen-bond acceptors (Lipinski definition) is 2. The minimum Gasteiger partial charge on any atom is -0.497 e. The van der Waals surface area contributed by atoms with Crippen molar-refractivity contribution in [2.75, 3.05) is 19.0 Å². The predicted molar refractivity (Wildman–Crippen MR) is 89.9 cm³/mol. The van der Waals surface area contributed by atoms with E-state index in [0.717, 1.165) is 29.0 Å². The van der Waals surface area contributed by atoms with Crippen LogP contribution in [0.25, 0.3) is 0 Å². The van der Waals surface area contributed by atoms with Crippen LogP contribution in [0.4, 0.5) is 10.5 Å². The molecule has 0 unspecified atom stereocenters. The highest BCUT2D eigenvalue weighted by Gasteiger charge is 2.05. The van der Waals surface area contributed by atoms with Crippen LogP contribution >= 0.6 is 11.6 Å². The lowest BCUT2D eigenvalue weighted by molar-refractivity contribution is 0.252. The maximum atomic E-state index is 11.9. The van der Waals surface area contributed by atoms with Crippen LogP contribution in [0.5, 0.6) is 5.75 Å². The van der Waals surface area contributed by atoms with Gasteiger partial charge in [-0.2, -0.15) is 0 Å². The largest absolute Gasteiger partial charge is 0.497 e. The average Bonchev–Trinajstić information content (AvgIpc) is 2.51. The molecule has 2 N–H and O–H groups in total. The molecule has 116 valence electrons. The number of hydrogen-bond donors (Lipinski definition) is 2. The number of anilines is 1. The SMILES string of the molecule is COc1ccc(CCNC(=O)Nc2cc(Cl)ccc2C)cc1. The summed E-state index contributed by atoms with van der Waals surface area (Å²) in [5.74, 6) is 0.825. The molecule has 0 radical (unpaired) electrons. The van der Waals surface area contributed by atoms with Crippen LogP contribution < -0.4 is 15.4 Å². The van der Waals surface area contributed by atoms with Gasteiger partial charge in [-0.3, -0.25) is 0 Å². The van der Waals surface area contributed by atoms with Gasteiger partial charge in [-0.1, -0.05) is 29.8 Å². The number of aryl methyl sites for hydroxylation is 1. The number of methoxy groups -OCH3 is 1. The summed E-state index contributed by atoms with van der Waals surface area (Å²) < 4.78 is 5.11. The number of urea groups is 1. The Morgan fingerprint density at radius 3 is 2.59 bits per heavy atom. The molecule has 22 heavy (non-hydrogen) atoms. The number of carbonyl (C=O) groups is 1. The third kappa shape index (κ3) is 4.67. The average molecular weight is 319 g/mol. The third-order valence-corrected chi connectivity index (χ3v) is 3.54. The second-order valence-electron chi connectivity index (χ2n) is 4.94. The van der Waals surface area contributed by atoms with Crippen LogP contribution in [0.2, 0.25) is 5.02 Å². The van der Waals surface area contributed by atoms with Gasteiger partial charge in [0.15, 0.2) is 0 Å². The van der Waals surface area contributed by atoms with Crippen LogP contribution in [0.3, 0.4) is 0 Å². The van der Waals surface area contributed by atoms with Crippen LogP contribution in [-0.4, -0.2) is 19.7 Å². The Morgan fingerprint density at radius 1 is 1.18 bits per heavy atom. The molecule has 5 heteroatoms. The standard InChI is InChI=1S/C17H19ClN2O2/c1-12-3-6-14(18)11-16(12)20-17(21)19-10-9-13-4-7-15(22-2)8-5-13/h3-8,11H,9-10H2,1-2H3,(H2,19,20,21). The molecule has 0 aliphatic rings. The molecule has 2 aromatic carbocycles. The maximum absolute atomic E-state index is 11.9. The van der Waals surface area contributed by atoms with E-state index in [4.69, 9.17) is 16.3 Å². The predicted octanol–water partition coefficient (Wildman–Crippen LogP) is 4.02. The fraction of sp³-hybridized carbons (Fsp3) is 0.235. The van der Waals surface area contributed by atoms with E-state index in [9.17, 15) is 4.79 Å². The number of carbonyl (C=O) groups excluding carboxylic acids is 1. The molecule has 0 bridgehead atoms. The molecule has 2 amide bonds. The Kier molecular flexibility index (Phi) is 5.67. The summed E-state index contributed by atoms with van der Waals surface area (Å²) in [4.78, 5) is 11.9. The Balaban J connectivity index is 1.81. The molecular weight excluding hydrogens is 300 g/mol. The van der Waals surface area contributed by atoms with Gasteiger partial charge in [0.2, 0.25) is 0 Å². The molecule has 0 fully saturated rings. The molecule has 0 saturated heterocycles. The first-order valence-electron chi connectivity index (χ1n) is 7.02. The molecule has 0 saturated carbocycles.